The molecule has 0 aliphatic heterocycles. The van der Waals surface area contributed by atoms with Crippen LogP contribution >= 0.6 is 0 Å². The van der Waals surface area contributed by atoms with Gasteiger partial charge in [0.2, 0.25) is 0 Å². The number of rotatable bonds is 6. The number of hydrogen-bond acceptors (Lipinski definition) is 4. The van der Waals surface area contributed by atoms with Crippen LogP contribution in [0, 0.1) is 17.1 Å². The molecule has 0 atom stereocenters. The van der Waals surface area contributed by atoms with Crippen molar-refractivity contribution in [1.29, 1.82) is 5.26 Å². The number of aromatic nitrogens is 2. The van der Waals surface area contributed by atoms with Crippen LogP contribution < -0.4 is 4.74 Å². The molecular formula is C25H21FN4O2. The lowest BCUT2D eigenvalue weighted by Gasteiger charge is -2.19. The van der Waals surface area contributed by atoms with Crippen molar-refractivity contribution in [3.8, 4) is 22.9 Å². The first-order valence-corrected chi connectivity index (χ1v) is 10.1. The van der Waals surface area contributed by atoms with Crippen LogP contribution in [-0.4, -0.2) is 34.7 Å². The van der Waals surface area contributed by atoms with Crippen LogP contribution in [0.1, 0.15) is 28.4 Å². The first-order chi connectivity index (χ1) is 15.5. The molecule has 4 aromatic rings. The van der Waals surface area contributed by atoms with E-state index in [1.165, 1.54) is 12.1 Å². The van der Waals surface area contributed by atoms with Gasteiger partial charge in [0.1, 0.15) is 11.6 Å². The van der Waals surface area contributed by atoms with Crippen LogP contribution in [0.4, 0.5) is 4.39 Å². The molecule has 0 aliphatic rings. The Hall–Kier alpha value is -4.18. The van der Waals surface area contributed by atoms with Gasteiger partial charge in [-0.25, -0.2) is 4.39 Å². The van der Waals surface area contributed by atoms with Gasteiger partial charge in [0, 0.05) is 30.1 Å². The predicted molar refractivity (Wildman–Crippen MR) is 120 cm³/mol. The Morgan fingerprint density at radius 3 is 2.81 bits per heavy atom. The third-order valence-electron chi connectivity index (χ3n) is 5.18. The summed E-state index contributed by atoms with van der Waals surface area (Å²) in [7, 11) is 1.70. The molecule has 0 aliphatic carbocycles. The number of nitrogens with one attached hydrogen (secondary N) is 1. The van der Waals surface area contributed by atoms with Crippen LogP contribution in [0.15, 0.2) is 60.8 Å². The highest BCUT2D eigenvalue weighted by Gasteiger charge is 2.17. The Bertz CT molecular complexity index is 1340. The number of hydrogen-bond donors (Lipinski definition) is 1. The second-order valence-corrected chi connectivity index (χ2v) is 7.40. The highest BCUT2D eigenvalue weighted by atomic mass is 19.1. The molecule has 7 heteroatoms. The summed E-state index contributed by atoms with van der Waals surface area (Å²) < 4.78 is 19.5. The van der Waals surface area contributed by atoms with Crippen LogP contribution in [0.5, 0.6) is 5.75 Å². The molecule has 3 aromatic carbocycles. The van der Waals surface area contributed by atoms with Crippen molar-refractivity contribution in [2.24, 2.45) is 0 Å². The van der Waals surface area contributed by atoms with E-state index in [1.54, 1.807) is 60.6 Å². The van der Waals surface area contributed by atoms with Crippen molar-refractivity contribution in [2.75, 3.05) is 13.7 Å². The fourth-order valence-corrected chi connectivity index (χ4v) is 3.69. The molecular weight excluding hydrogens is 407 g/mol. The zero-order valence-electron chi connectivity index (χ0n) is 17.7. The Morgan fingerprint density at radius 2 is 2.06 bits per heavy atom. The van der Waals surface area contributed by atoms with E-state index < -0.39 is 0 Å². The molecule has 0 radical (unpaired) electrons. The van der Waals surface area contributed by atoms with Gasteiger partial charge in [-0.05, 0) is 60.5 Å². The summed E-state index contributed by atoms with van der Waals surface area (Å²) in [4.78, 5) is 14.7. The molecule has 1 heterocycles. The van der Waals surface area contributed by atoms with E-state index in [0.29, 0.717) is 41.2 Å². The Balaban J connectivity index is 1.64. The number of nitrogens with zero attached hydrogens (tertiary/aromatic N) is 3. The molecule has 160 valence electrons. The van der Waals surface area contributed by atoms with Gasteiger partial charge in [-0.15, -0.1) is 0 Å². The number of fused-ring (bicyclic) bond motifs is 1. The number of benzene rings is 3. The van der Waals surface area contributed by atoms with Crippen LogP contribution in [0.2, 0.25) is 0 Å². The lowest BCUT2D eigenvalue weighted by atomic mass is 10.0. The Labute approximate surface area is 184 Å². The Kier molecular flexibility index (Phi) is 5.86. The summed E-state index contributed by atoms with van der Waals surface area (Å²) in [6, 6.07) is 17.1. The van der Waals surface area contributed by atoms with Crippen molar-refractivity contribution in [3.05, 3.63) is 83.3 Å². The predicted octanol–water partition coefficient (Wildman–Crippen LogP) is 4.91. The summed E-state index contributed by atoms with van der Waals surface area (Å²) in [6.07, 6.45) is 1.65. The second-order valence-electron chi connectivity index (χ2n) is 7.40. The molecule has 1 aromatic heterocycles. The molecule has 0 spiro atoms. The molecule has 0 saturated heterocycles. The SMILES string of the molecule is CCOc1cc(C(=O)N(C)Cc2cc(C#N)cc3cn[nH]c23)ccc1-c1cccc(F)c1. The lowest BCUT2D eigenvalue weighted by Crippen LogP contribution is -2.26. The van der Waals surface area contributed by atoms with Gasteiger partial charge >= 0.3 is 0 Å². The molecule has 32 heavy (non-hydrogen) atoms. The summed E-state index contributed by atoms with van der Waals surface area (Å²) >= 11 is 0. The number of carbonyl (C=O) groups is 1. The first-order valence-electron chi connectivity index (χ1n) is 10.1. The number of nitriles is 1. The van der Waals surface area contributed by atoms with Crippen molar-refractivity contribution in [1.82, 2.24) is 15.1 Å². The number of amides is 1. The maximum absolute atomic E-state index is 13.7. The Morgan fingerprint density at radius 1 is 1.22 bits per heavy atom. The summed E-state index contributed by atoms with van der Waals surface area (Å²) in [5.74, 6) is -0.0267. The normalized spacial score (nSPS) is 10.7. The number of aromatic amines is 1. The zero-order valence-corrected chi connectivity index (χ0v) is 17.7. The van der Waals surface area contributed by atoms with E-state index in [9.17, 15) is 14.4 Å². The molecule has 6 nitrogen and oxygen atoms in total. The summed E-state index contributed by atoms with van der Waals surface area (Å²) in [5, 5.41) is 17.1. The lowest BCUT2D eigenvalue weighted by molar-refractivity contribution is 0.0785. The summed E-state index contributed by atoms with van der Waals surface area (Å²) in [6.45, 7) is 2.56. The van der Waals surface area contributed by atoms with Gasteiger partial charge in [0.25, 0.3) is 5.91 Å². The standard InChI is InChI=1S/C25H21FN4O2/c1-3-32-23-12-18(7-8-22(23)17-5-4-6-21(26)11-17)25(31)30(2)15-20-10-16(13-27)9-19-14-28-29-24(19)20/h4-12,14H,3,15H2,1-2H3,(H,28,29). The van der Waals surface area contributed by atoms with E-state index >= 15 is 0 Å². The average Bonchev–Trinajstić information content (AvgIpc) is 3.27. The van der Waals surface area contributed by atoms with Crippen molar-refractivity contribution in [3.63, 3.8) is 0 Å². The van der Waals surface area contributed by atoms with Gasteiger partial charge < -0.3 is 9.64 Å². The molecule has 4 rings (SSSR count). The smallest absolute Gasteiger partial charge is 0.254 e. The highest BCUT2D eigenvalue weighted by molar-refractivity contribution is 5.96. The minimum atomic E-state index is -0.338. The monoisotopic (exact) mass is 428 g/mol. The number of halogens is 1. The fraction of sp³-hybridized carbons (Fsp3) is 0.160. The van der Waals surface area contributed by atoms with Crippen LogP contribution in [0.3, 0.4) is 0 Å². The van der Waals surface area contributed by atoms with Gasteiger partial charge in [-0.1, -0.05) is 12.1 Å². The number of ether oxygens (including phenoxy) is 1. The van der Waals surface area contributed by atoms with E-state index in [4.69, 9.17) is 4.74 Å². The molecule has 0 fully saturated rings. The minimum absolute atomic E-state index is 0.202. The third kappa shape index (κ3) is 4.16. The van der Waals surface area contributed by atoms with Gasteiger partial charge in [-0.3, -0.25) is 9.89 Å². The van der Waals surface area contributed by atoms with Crippen molar-refractivity contribution >= 4 is 16.8 Å². The van der Waals surface area contributed by atoms with Gasteiger partial charge in [0.05, 0.1) is 30.0 Å². The van der Waals surface area contributed by atoms with E-state index in [-0.39, 0.29) is 11.7 Å². The molecule has 0 bridgehead atoms. The first kappa shape index (κ1) is 21.1. The fourth-order valence-electron chi connectivity index (χ4n) is 3.69. The largest absolute Gasteiger partial charge is 0.493 e. The highest BCUT2D eigenvalue weighted by Crippen LogP contribution is 2.32. The second kappa shape index (κ2) is 8.90. The van der Waals surface area contributed by atoms with E-state index in [2.05, 4.69) is 16.3 Å². The van der Waals surface area contributed by atoms with Gasteiger partial charge in [0.15, 0.2) is 0 Å². The molecule has 1 N–H and O–H groups in total. The minimum Gasteiger partial charge on any atom is -0.493 e. The number of carbonyl (C=O) groups excluding carboxylic acids is 1. The quantitative estimate of drug-likeness (QED) is 0.473. The van der Waals surface area contributed by atoms with Gasteiger partial charge in [-0.2, -0.15) is 10.4 Å². The van der Waals surface area contributed by atoms with Crippen LogP contribution in [0.25, 0.3) is 22.0 Å². The van der Waals surface area contributed by atoms with E-state index in [0.717, 1.165) is 16.5 Å². The molecule has 1 amide bonds. The molecule has 0 unspecified atom stereocenters. The van der Waals surface area contributed by atoms with E-state index in [1.807, 2.05) is 6.92 Å². The third-order valence-corrected chi connectivity index (χ3v) is 5.18. The van der Waals surface area contributed by atoms with Crippen LogP contribution in [-0.2, 0) is 6.54 Å². The summed E-state index contributed by atoms with van der Waals surface area (Å²) in [5.41, 5.74) is 3.94. The van der Waals surface area contributed by atoms with Crippen molar-refractivity contribution in [2.45, 2.75) is 13.5 Å². The number of H-pyrrole nitrogens is 1. The zero-order chi connectivity index (χ0) is 22.7. The molecule has 0 saturated carbocycles. The maximum Gasteiger partial charge on any atom is 0.254 e. The topological polar surface area (TPSA) is 82.0 Å². The average molecular weight is 428 g/mol. The van der Waals surface area contributed by atoms with Crippen molar-refractivity contribution < 1.29 is 13.9 Å². The maximum atomic E-state index is 13.7.